The van der Waals surface area contributed by atoms with Gasteiger partial charge in [-0.3, -0.25) is 9.59 Å². The number of benzene rings is 3. The molecule has 3 aromatic carbocycles. The molecule has 0 radical (unpaired) electrons. The Morgan fingerprint density at radius 1 is 0.925 bits per heavy atom. The maximum atomic E-state index is 13.3. The van der Waals surface area contributed by atoms with Gasteiger partial charge in [-0.2, -0.15) is 0 Å². The van der Waals surface area contributed by atoms with E-state index in [9.17, 15) is 9.59 Å². The van der Waals surface area contributed by atoms with Crippen molar-refractivity contribution in [1.29, 1.82) is 0 Å². The predicted molar refractivity (Wildman–Crippen MR) is 153 cm³/mol. The van der Waals surface area contributed by atoms with Crippen LogP contribution in [0.3, 0.4) is 0 Å². The van der Waals surface area contributed by atoms with E-state index >= 15 is 0 Å². The fourth-order valence-electron chi connectivity index (χ4n) is 5.75. The predicted octanol–water partition coefficient (Wildman–Crippen LogP) is 4.23. The second-order valence-electron chi connectivity index (χ2n) is 10.5. The highest BCUT2D eigenvalue weighted by molar-refractivity contribution is 6.10. The Labute approximate surface area is 232 Å². The van der Waals surface area contributed by atoms with Crippen LogP contribution in [0.15, 0.2) is 60.7 Å². The number of likely N-dealkylation sites (tertiary alicyclic amines) is 1. The number of carbonyl (C=O) groups is 2. The number of nitrogens with one attached hydrogen (secondary N) is 1. The summed E-state index contributed by atoms with van der Waals surface area (Å²) in [6, 6.07) is 19.6. The molecule has 0 spiro atoms. The van der Waals surface area contributed by atoms with Crippen LogP contribution in [0.1, 0.15) is 28.8 Å². The number of imidazole rings is 1. The summed E-state index contributed by atoms with van der Waals surface area (Å²) in [5.41, 5.74) is 6.38. The summed E-state index contributed by atoms with van der Waals surface area (Å²) in [7, 11) is 0. The lowest BCUT2D eigenvalue weighted by Gasteiger charge is -2.29. The summed E-state index contributed by atoms with van der Waals surface area (Å²) in [4.78, 5) is 39.7. The van der Waals surface area contributed by atoms with E-state index in [1.54, 1.807) is 0 Å². The summed E-state index contributed by atoms with van der Waals surface area (Å²) >= 11 is 0. The topological polar surface area (TPSA) is 91.0 Å². The van der Waals surface area contributed by atoms with Crippen molar-refractivity contribution in [2.75, 3.05) is 55.8 Å². The van der Waals surface area contributed by atoms with Crippen molar-refractivity contribution in [3.63, 3.8) is 0 Å². The van der Waals surface area contributed by atoms with E-state index in [1.807, 2.05) is 64.4 Å². The van der Waals surface area contributed by atoms with Crippen molar-refractivity contribution in [3.05, 3.63) is 71.8 Å². The van der Waals surface area contributed by atoms with Gasteiger partial charge in [-0.25, -0.2) is 4.98 Å². The molecule has 0 atom stereocenters. The van der Waals surface area contributed by atoms with E-state index in [-0.39, 0.29) is 18.4 Å². The highest BCUT2D eigenvalue weighted by Crippen LogP contribution is 2.33. The summed E-state index contributed by atoms with van der Waals surface area (Å²) in [6.07, 6.45) is 2.13. The second kappa shape index (κ2) is 10.3. The number of morpholine rings is 1. The van der Waals surface area contributed by atoms with Gasteiger partial charge in [0.2, 0.25) is 0 Å². The first-order valence-electron chi connectivity index (χ1n) is 13.9. The molecular weight excluding hydrogens is 506 g/mol. The fourth-order valence-corrected chi connectivity index (χ4v) is 5.75. The third kappa shape index (κ3) is 4.66. The van der Waals surface area contributed by atoms with Gasteiger partial charge in [0.15, 0.2) is 6.61 Å². The number of hydrogen-bond donors (Lipinski definition) is 1. The lowest BCUT2D eigenvalue weighted by Crippen LogP contribution is -2.36. The van der Waals surface area contributed by atoms with Crippen LogP contribution in [0.4, 0.5) is 11.4 Å². The van der Waals surface area contributed by atoms with Crippen LogP contribution in [0.25, 0.3) is 22.4 Å². The summed E-state index contributed by atoms with van der Waals surface area (Å²) in [6.45, 7) is 5.43. The quantitative estimate of drug-likeness (QED) is 0.396. The minimum Gasteiger partial charge on any atom is -0.484 e. The van der Waals surface area contributed by atoms with Crippen molar-refractivity contribution in [2.45, 2.75) is 19.4 Å². The molecule has 204 valence electrons. The number of anilines is 2. The minimum atomic E-state index is 0.0152. The maximum absolute atomic E-state index is 13.3. The van der Waals surface area contributed by atoms with E-state index in [0.29, 0.717) is 12.3 Å². The number of ether oxygens (including phenoxy) is 2. The van der Waals surface area contributed by atoms with E-state index in [2.05, 4.69) is 16.0 Å². The van der Waals surface area contributed by atoms with Crippen LogP contribution < -0.4 is 14.5 Å². The molecule has 7 rings (SSSR count). The number of rotatable bonds is 6. The van der Waals surface area contributed by atoms with E-state index in [4.69, 9.17) is 14.5 Å². The molecule has 0 bridgehead atoms. The molecule has 9 heteroatoms. The Balaban J connectivity index is 1.05. The highest BCUT2D eigenvalue weighted by atomic mass is 16.5. The third-order valence-corrected chi connectivity index (χ3v) is 8.00. The van der Waals surface area contributed by atoms with Crippen LogP contribution in [0, 0.1) is 0 Å². The molecule has 2 saturated heterocycles. The number of aromatic amines is 1. The molecule has 2 fully saturated rings. The standard InChI is InChI=1S/C31H31N5O4/c37-29(35-11-1-2-12-35)20-40-25-7-3-21(4-8-25)30-32-27-10-6-24(18-28(27)33-30)36-19-22-17-23(5-9-26(22)31(36)38)34-13-15-39-16-14-34/h3-10,17-18H,1-2,11-16,19-20H2,(H,32,33). The zero-order chi connectivity index (χ0) is 27.1. The van der Waals surface area contributed by atoms with Gasteiger partial charge in [-0.1, -0.05) is 0 Å². The van der Waals surface area contributed by atoms with Gasteiger partial charge in [-0.15, -0.1) is 0 Å². The van der Waals surface area contributed by atoms with Gasteiger partial charge in [-0.05, 0) is 79.1 Å². The lowest BCUT2D eigenvalue weighted by molar-refractivity contribution is -0.132. The number of hydrogen-bond acceptors (Lipinski definition) is 6. The van der Waals surface area contributed by atoms with Gasteiger partial charge in [0.05, 0.1) is 30.8 Å². The van der Waals surface area contributed by atoms with Crippen LogP contribution in [-0.4, -0.2) is 72.7 Å². The molecule has 1 N–H and O–H groups in total. The van der Waals surface area contributed by atoms with Crippen molar-refractivity contribution < 1.29 is 19.1 Å². The zero-order valence-electron chi connectivity index (χ0n) is 22.3. The van der Waals surface area contributed by atoms with Gasteiger partial charge in [0.25, 0.3) is 11.8 Å². The average Bonchev–Trinajstić information content (AvgIpc) is 3.75. The first kappa shape index (κ1) is 24.7. The molecule has 40 heavy (non-hydrogen) atoms. The number of nitrogens with zero attached hydrogens (tertiary/aromatic N) is 4. The maximum Gasteiger partial charge on any atom is 0.260 e. The van der Waals surface area contributed by atoms with Crippen LogP contribution in [-0.2, 0) is 16.1 Å². The van der Waals surface area contributed by atoms with Crippen molar-refractivity contribution >= 4 is 34.2 Å². The van der Waals surface area contributed by atoms with Gasteiger partial charge in [0, 0.05) is 48.7 Å². The number of fused-ring (bicyclic) bond motifs is 2. The SMILES string of the molecule is O=C(COc1ccc(-c2nc3ccc(N4Cc5cc(N6CCOCC6)ccc5C4=O)cc3[nH]2)cc1)N1CCCC1. The highest BCUT2D eigenvalue weighted by Gasteiger charge is 2.29. The zero-order valence-corrected chi connectivity index (χ0v) is 22.3. The molecule has 2 amide bonds. The molecule has 3 aliphatic rings. The average molecular weight is 538 g/mol. The molecule has 0 saturated carbocycles. The van der Waals surface area contributed by atoms with Gasteiger partial charge >= 0.3 is 0 Å². The summed E-state index contributed by atoms with van der Waals surface area (Å²) in [5, 5.41) is 0. The lowest BCUT2D eigenvalue weighted by atomic mass is 10.1. The minimum absolute atomic E-state index is 0.0152. The molecule has 0 unspecified atom stereocenters. The van der Waals surface area contributed by atoms with Crippen LogP contribution >= 0.6 is 0 Å². The normalized spacial score (nSPS) is 17.1. The van der Waals surface area contributed by atoms with Crippen molar-refractivity contribution in [3.8, 4) is 17.1 Å². The van der Waals surface area contributed by atoms with Crippen molar-refractivity contribution in [1.82, 2.24) is 14.9 Å². The third-order valence-electron chi connectivity index (χ3n) is 8.00. The first-order chi connectivity index (χ1) is 19.6. The molecule has 1 aromatic heterocycles. The number of carbonyl (C=O) groups excluding carboxylic acids is 2. The van der Waals surface area contributed by atoms with Crippen LogP contribution in [0.5, 0.6) is 5.75 Å². The van der Waals surface area contributed by atoms with Crippen molar-refractivity contribution in [2.24, 2.45) is 0 Å². The second-order valence-corrected chi connectivity index (χ2v) is 10.5. The molecule has 4 aromatic rings. The first-order valence-corrected chi connectivity index (χ1v) is 13.9. The Morgan fingerprint density at radius 2 is 1.70 bits per heavy atom. The van der Waals surface area contributed by atoms with E-state index in [0.717, 1.165) is 97.2 Å². The van der Waals surface area contributed by atoms with E-state index in [1.165, 1.54) is 0 Å². The fraction of sp³-hybridized carbons (Fsp3) is 0.323. The number of aromatic nitrogens is 2. The molecule has 9 nitrogen and oxygen atoms in total. The molecular formula is C31H31N5O4. The van der Waals surface area contributed by atoms with E-state index < -0.39 is 0 Å². The largest absolute Gasteiger partial charge is 0.484 e. The number of amides is 2. The van der Waals surface area contributed by atoms with Gasteiger partial charge < -0.3 is 29.2 Å². The smallest absolute Gasteiger partial charge is 0.260 e. The summed E-state index contributed by atoms with van der Waals surface area (Å²) < 4.78 is 11.2. The number of H-pyrrole nitrogens is 1. The Bertz CT molecular complexity index is 1570. The van der Waals surface area contributed by atoms with Gasteiger partial charge in [0.1, 0.15) is 11.6 Å². The Kier molecular flexibility index (Phi) is 6.36. The molecule has 4 heterocycles. The van der Waals surface area contributed by atoms with Crippen LogP contribution in [0.2, 0.25) is 0 Å². The molecule has 3 aliphatic heterocycles. The molecule has 0 aliphatic carbocycles. The Hall–Kier alpha value is -4.37. The summed E-state index contributed by atoms with van der Waals surface area (Å²) in [5.74, 6) is 1.44. The monoisotopic (exact) mass is 537 g/mol. The Morgan fingerprint density at radius 3 is 2.50 bits per heavy atom.